The van der Waals surface area contributed by atoms with Crippen molar-refractivity contribution in [1.29, 1.82) is 0 Å². The third-order valence-electron chi connectivity index (χ3n) is 9.04. The molecule has 3 aliphatic carbocycles. The minimum absolute atomic E-state index is 0.0225. The second kappa shape index (κ2) is 11.1. The third kappa shape index (κ3) is 4.82. The number of phenolic OH excluding ortho intramolecular Hbond substituents is 1. The Balaban J connectivity index is 1.72. The van der Waals surface area contributed by atoms with Gasteiger partial charge in [-0.25, -0.2) is 0 Å². The van der Waals surface area contributed by atoms with E-state index < -0.39 is 64.5 Å². The van der Waals surface area contributed by atoms with Crippen LogP contribution in [0.1, 0.15) is 23.1 Å². The van der Waals surface area contributed by atoms with E-state index in [9.17, 15) is 34.8 Å². The Kier molecular flexibility index (Phi) is 7.74. The second-order valence-electron chi connectivity index (χ2n) is 12.1. The SMILES string of the molecule is COc1ccc(CN(C)C)c(-c2ccc(O)c3c2CC2CC4C(C(=O)C2=C3O)C(C(=O)O)C(C(N)=O)=C(O)[C@H]4N(C)C)c1. The number of aliphatic carboxylic acids is 1. The Hall–Kier alpha value is -4.35. The van der Waals surface area contributed by atoms with E-state index in [-0.39, 0.29) is 29.7 Å². The molecule has 6 N–H and O–H groups in total. The summed E-state index contributed by atoms with van der Waals surface area (Å²) in [6.07, 6.45) is 0.521. The Bertz CT molecular complexity index is 1590. The number of hydrogen-bond acceptors (Lipinski definition) is 9. The fraction of sp³-hybridized carbons (Fsp3) is 0.406. The van der Waals surface area contributed by atoms with Crippen molar-refractivity contribution in [3.05, 3.63) is 63.9 Å². The lowest BCUT2D eigenvalue weighted by Crippen LogP contribution is -2.56. The molecule has 3 aliphatic rings. The van der Waals surface area contributed by atoms with Crippen molar-refractivity contribution in [2.75, 3.05) is 35.3 Å². The van der Waals surface area contributed by atoms with Crippen molar-refractivity contribution in [3.8, 4) is 22.6 Å². The summed E-state index contributed by atoms with van der Waals surface area (Å²) in [6.45, 7) is 0.614. The number of nitrogens with two attached hydrogens (primary N) is 1. The van der Waals surface area contributed by atoms with Crippen LogP contribution >= 0.6 is 0 Å². The van der Waals surface area contributed by atoms with E-state index >= 15 is 0 Å². The smallest absolute Gasteiger partial charge is 0.312 e. The highest BCUT2D eigenvalue weighted by Crippen LogP contribution is 2.54. The number of aliphatic hydroxyl groups is 2. The largest absolute Gasteiger partial charge is 0.510 e. The van der Waals surface area contributed by atoms with Crippen LogP contribution in [0.2, 0.25) is 0 Å². The number of carbonyl (C=O) groups excluding carboxylic acids is 2. The molecule has 11 heteroatoms. The minimum Gasteiger partial charge on any atom is -0.510 e. The van der Waals surface area contributed by atoms with Gasteiger partial charge in [-0.15, -0.1) is 0 Å². The van der Waals surface area contributed by atoms with E-state index in [2.05, 4.69) is 0 Å². The van der Waals surface area contributed by atoms with E-state index in [1.807, 2.05) is 37.2 Å². The Morgan fingerprint density at radius 3 is 2.33 bits per heavy atom. The number of nitrogens with zero attached hydrogens (tertiary/aromatic N) is 2. The molecule has 0 saturated heterocycles. The summed E-state index contributed by atoms with van der Waals surface area (Å²) in [5.41, 5.74) is 8.42. The number of carboxylic acid groups (broad SMARTS) is 1. The lowest BCUT2D eigenvalue weighted by Gasteiger charge is -2.49. The summed E-state index contributed by atoms with van der Waals surface area (Å²) in [6, 6.07) is 8.14. The van der Waals surface area contributed by atoms with Crippen LogP contribution in [0.15, 0.2) is 47.2 Å². The molecule has 0 radical (unpaired) electrons. The van der Waals surface area contributed by atoms with Crippen molar-refractivity contribution in [2.45, 2.75) is 25.4 Å². The lowest BCUT2D eigenvalue weighted by atomic mass is 9.56. The highest BCUT2D eigenvalue weighted by Gasteiger charge is 2.58. The number of Topliss-reactive ketones (excluding diaryl/α,β-unsaturated/α-hetero) is 1. The first-order valence-corrected chi connectivity index (χ1v) is 14.0. The molecule has 2 aromatic carbocycles. The molecule has 1 saturated carbocycles. The monoisotopic (exact) mass is 591 g/mol. The zero-order valence-electron chi connectivity index (χ0n) is 24.8. The topological polar surface area (TPSA) is 174 Å². The molecule has 0 spiro atoms. The minimum atomic E-state index is -1.68. The molecule has 0 bridgehead atoms. The molecule has 43 heavy (non-hydrogen) atoms. The number of amides is 1. The fourth-order valence-electron chi connectivity index (χ4n) is 7.43. The summed E-state index contributed by atoms with van der Waals surface area (Å²) in [4.78, 5) is 42.8. The first kappa shape index (κ1) is 30.1. The maximum absolute atomic E-state index is 14.2. The van der Waals surface area contributed by atoms with E-state index in [1.54, 1.807) is 32.2 Å². The number of primary amides is 1. The molecule has 0 aliphatic heterocycles. The van der Waals surface area contributed by atoms with Crippen molar-refractivity contribution in [1.82, 2.24) is 9.80 Å². The number of aromatic hydroxyl groups is 1. The number of phenols is 1. The van der Waals surface area contributed by atoms with Crippen LogP contribution in [0.3, 0.4) is 0 Å². The van der Waals surface area contributed by atoms with Crippen molar-refractivity contribution in [2.24, 2.45) is 29.4 Å². The van der Waals surface area contributed by atoms with E-state index in [1.165, 1.54) is 6.07 Å². The van der Waals surface area contributed by atoms with E-state index in [0.29, 0.717) is 17.9 Å². The summed E-state index contributed by atoms with van der Waals surface area (Å²) >= 11 is 0. The molecule has 228 valence electrons. The molecule has 11 nitrogen and oxygen atoms in total. The van der Waals surface area contributed by atoms with Crippen LogP contribution in [0.5, 0.6) is 11.5 Å². The van der Waals surface area contributed by atoms with E-state index in [0.717, 1.165) is 16.7 Å². The first-order valence-electron chi connectivity index (χ1n) is 14.0. The molecular formula is C32H37N3O8. The second-order valence-corrected chi connectivity index (χ2v) is 12.1. The summed E-state index contributed by atoms with van der Waals surface area (Å²) in [5, 5.41) is 44.0. The predicted molar refractivity (Wildman–Crippen MR) is 158 cm³/mol. The van der Waals surface area contributed by atoms with Gasteiger partial charge < -0.3 is 35.8 Å². The zero-order chi connectivity index (χ0) is 31.5. The number of ketones is 1. The molecule has 1 fully saturated rings. The van der Waals surface area contributed by atoms with Gasteiger partial charge in [0.15, 0.2) is 5.78 Å². The first-order chi connectivity index (χ1) is 20.3. The molecule has 5 rings (SSSR count). The maximum atomic E-state index is 14.2. The van der Waals surface area contributed by atoms with Gasteiger partial charge in [-0.05, 0) is 93.3 Å². The average molecular weight is 592 g/mol. The molecular weight excluding hydrogens is 554 g/mol. The number of aliphatic hydroxyl groups excluding tert-OH is 2. The fourth-order valence-corrected chi connectivity index (χ4v) is 7.43. The van der Waals surface area contributed by atoms with E-state index in [4.69, 9.17) is 10.5 Å². The molecule has 0 aromatic heterocycles. The number of rotatable bonds is 7. The number of methoxy groups -OCH3 is 1. The van der Waals surface area contributed by atoms with Gasteiger partial charge in [0.1, 0.15) is 28.9 Å². The molecule has 0 heterocycles. The van der Waals surface area contributed by atoms with Crippen molar-refractivity contribution in [3.63, 3.8) is 0 Å². The Morgan fingerprint density at radius 2 is 1.74 bits per heavy atom. The standard InChI is InChI=1S/C32H37N3O8/c1-34(2)13-14-6-7-16(43-5)12-18(14)17-8-9-21(36)23-19(17)10-15-11-20-24(29(38)22(15)28(23)37)25(32(41)42)26(31(33)40)30(39)27(20)35(3)4/h6-9,12,15,20,24-25,27,36-37,39H,10-11,13H2,1-5H3,(H2,33,40)(H,41,42)/t15?,20?,24?,25?,27-/m0/s1. The van der Waals surface area contributed by atoms with Crippen LogP contribution in [-0.4, -0.2) is 89.2 Å². The molecule has 1 amide bonds. The van der Waals surface area contributed by atoms with Gasteiger partial charge in [0, 0.05) is 18.0 Å². The summed E-state index contributed by atoms with van der Waals surface area (Å²) in [7, 11) is 8.83. The average Bonchev–Trinajstić information content (AvgIpc) is 2.92. The van der Waals surface area contributed by atoms with Gasteiger partial charge in [-0.3, -0.25) is 19.3 Å². The van der Waals surface area contributed by atoms with Crippen LogP contribution in [0.25, 0.3) is 16.9 Å². The van der Waals surface area contributed by atoms with Gasteiger partial charge in [0.05, 0.1) is 24.3 Å². The summed E-state index contributed by atoms with van der Waals surface area (Å²) < 4.78 is 5.50. The Morgan fingerprint density at radius 1 is 1.05 bits per heavy atom. The van der Waals surface area contributed by atoms with Gasteiger partial charge in [-0.1, -0.05) is 12.1 Å². The summed E-state index contributed by atoms with van der Waals surface area (Å²) in [5.74, 6) is -7.81. The molecule has 5 atom stereocenters. The lowest BCUT2D eigenvalue weighted by molar-refractivity contribution is -0.149. The van der Waals surface area contributed by atoms with Gasteiger partial charge in [0.2, 0.25) is 5.91 Å². The number of carbonyl (C=O) groups is 3. The van der Waals surface area contributed by atoms with Crippen LogP contribution < -0.4 is 10.5 Å². The number of carboxylic acids is 1. The zero-order valence-corrected chi connectivity index (χ0v) is 24.8. The quantitative estimate of drug-likeness (QED) is 0.322. The number of hydrogen-bond donors (Lipinski definition) is 5. The predicted octanol–water partition coefficient (Wildman–Crippen LogP) is 2.72. The number of ether oxygens (including phenoxy) is 1. The van der Waals surface area contributed by atoms with Crippen LogP contribution in [0.4, 0.5) is 0 Å². The maximum Gasteiger partial charge on any atom is 0.312 e. The number of fused-ring (bicyclic) bond motifs is 3. The molecule has 4 unspecified atom stereocenters. The van der Waals surface area contributed by atoms with Gasteiger partial charge >= 0.3 is 5.97 Å². The normalized spacial score (nSPS) is 25.0. The van der Waals surface area contributed by atoms with Crippen molar-refractivity contribution >= 4 is 23.4 Å². The van der Waals surface area contributed by atoms with Gasteiger partial charge in [-0.2, -0.15) is 0 Å². The van der Waals surface area contributed by atoms with Crippen LogP contribution in [0, 0.1) is 23.7 Å². The number of likely N-dealkylation sites (N-methyl/N-ethyl adjacent to an activating group) is 1. The highest BCUT2D eigenvalue weighted by atomic mass is 16.5. The van der Waals surface area contributed by atoms with Crippen molar-refractivity contribution < 1.29 is 39.5 Å². The van der Waals surface area contributed by atoms with Gasteiger partial charge in [0.25, 0.3) is 0 Å². The number of allylic oxidation sites excluding steroid dienone is 1. The van der Waals surface area contributed by atoms with Crippen LogP contribution in [-0.2, 0) is 27.3 Å². The molecule has 2 aromatic rings. The Labute approximate surface area is 249 Å². The third-order valence-corrected chi connectivity index (χ3v) is 9.04. The highest BCUT2D eigenvalue weighted by molar-refractivity contribution is 6.10. The number of benzene rings is 2.